The van der Waals surface area contributed by atoms with E-state index in [4.69, 9.17) is 9.47 Å². The Kier molecular flexibility index (Phi) is 7.28. The summed E-state index contributed by atoms with van der Waals surface area (Å²) in [4.78, 5) is 30.3. The number of carbonyl (C=O) groups is 2. The van der Waals surface area contributed by atoms with Crippen molar-refractivity contribution in [1.82, 2.24) is 9.80 Å². The topological polar surface area (TPSA) is 79.3 Å². The predicted octanol–water partition coefficient (Wildman–Crippen LogP) is 3.75. The smallest absolute Gasteiger partial charge is 0.295 e. The molecule has 2 aromatic rings. The maximum Gasteiger partial charge on any atom is 0.295 e. The van der Waals surface area contributed by atoms with Gasteiger partial charge in [-0.15, -0.1) is 0 Å². The van der Waals surface area contributed by atoms with E-state index in [0.717, 1.165) is 24.2 Å². The SMILES string of the molecule is COc1ccc(/C(O)=C2\C(=O)C(=O)N(CCN3CCOCC3)C2c2ccc(C(C)(C)C)cc2)cc1. The number of benzene rings is 2. The molecule has 0 spiro atoms. The van der Waals surface area contributed by atoms with Crippen LogP contribution < -0.4 is 4.74 Å². The van der Waals surface area contributed by atoms with Gasteiger partial charge in [0.2, 0.25) is 0 Å². The van der Waals surface area contributed by atoms with Gasteiger partial charge in [-0.2, -0.15) is 0 Å². The fourth-order valence-corrected chi connectivity index (χ4v) is 4.60. The molecule has 2 aliphatic heterocycles. The highest BCUT2D eigenvalue weighted by atomic mass is 16.5. The van der Waals surface area contributed by atoms with Crippen molar-refractivity contribution < 1.29 is 24.2 Å². The molecule has 1 amide bonds. The van der Waals surface area contributed by atoms with Crippen molar-refractivity contribution >= 4 is 17.4 Å². The molecule has 2 aromatic carbocycles. The molecule has 1 atom stereocenters. The van der Waals surface area contributed by atoms with Crippen LogP contribution in [0.4, 0.5) is 0 Å². The summed E-state index contributed by atoms with van der Waals surface area (Å²) in [6.45, 7) is 10.3. The lowest BCUT2D eigenvalue weighted by Gasteiger charge is -2.31. The van der Waals surface area contributed by atoms with E-state index in [1.54, 1.807) is 36.3 Å². The summed E-state index contributed by atoms with van der Waals surface area (Å²) in [6.07, 6.45) is 0. The first-order valence-electron chi connectivity index (χ1n) is 12.0. The number of hydrogen-bond donors (Lipinski definition) is 1. The number of ketones is 1. The number of aliphatic hydroxyl groups excluding tert-OH is 1. The number of aliphatic hydroxyl groups is 1. The van der Waals surface area contributed by atoms with Crippen LogP contribution >= 0.6 is 0 Å². The van der Waals surface area contributed by atoms with Gasteiger partial charge in [-0.05, 0) is 40.8 Å². The summed E-state index contributed by atoms with van der Waals surface area (Å²) >= 11 is 0. The Balaban J connectivity index is 1.74. The summed E-state index contributed by atoms with van der Waals surface area (Å²) in [5.74, 6) is -0.782. The zero-order valence-electron chi connectivity index (χ0n) is 20.9. The minimum absolute atomic E-state index is 0.0280. The quantitative estimate of drug-likeness (QED) is 0.387. The molecule has 0 radical (unpaired) electrons. The molecule has 4 rings (SSSR count). The third-order valence-electron chi connectivity index (χ3n) is 6.76. The number of hydrogen-bond acceptors (Lipinski definition) is 6. The Morgan fingerprint density at radius 2 is 1.63 bits per heavy atom. The van der Waals surface area contributed by atoms with Crippen LogP contribution in [-0.4, -0.2) is 73.1 Å². The first-order chi connectivity index (χ1) is 16.7. The maximum atomic E-state index is 13.2. The van der Waals surface area contributed by atoms with Gasteiger partial charge in [0.25, 0.3) is 11.7 Å². The molecule has 35 heavy (non-hydrogen) atoms. The van der Waals surface area contributed by atoms with Gasteiger partial charge >= 0.3 is 0 Å². The van der Waals surface area contributed by atoms with Gasteiger partial charge < -0.3 is 19.5 Å². The Labute approximate surface area is 206 Å². The van der Waals surface area contributed by atoms with E-state index >= 15 is 0 Å². The normalized spacial score (nSPS) is 20.9. The highest BCUT2D eigenvalue weighted by Crippen LogP contribution is 2.40. The molecule has 7 heteroatoms. The number of ether oxygens (including phenoxy) is 2. The number of Topliss-reactive ketones (excluding diaryl/α,β-unsaturated/α-hetero) is 1. The van der Waals surface area contributed by atoms with E-state index in [0.29, 0.717) is 37.6 Å². The van der Waals surface area contributed by atoms with Crippen LogP contribution in [0.15, 0.2) is 54.1 Å². The highest BCUT2D eigenvalue weighted by molar-refractivity contribution is 6.46. The number of nitrogens with zero attached hydrogens (tertiary/aromatic N) is 2. The number of morpholine rings is 1. The van der Waals surface area contributed by atoms with Gasteiger partial charge in [-0.1, -0.05) is 45.0 Å². The van der Waals surface area contributed by atoms with E-state index in [9.17, 15) is 14.7 Å². The van der Waals surface area contributed by atoms with E-state index in [1.165, 1.54) is 0 Å². The second-order valence-corrected chi connectivity index (χ2v) is 10.0. The molecular formula is C28H34N2O5. The Hall–Kier alpha value is -3.16. The van der Waals surface area contributed by atoms with Crippen molar-refractivity contribution in [3.05, 3.63) is 70.8 Å². The van der Waals surface area contributed by atoms with Crippen LogP contribution in [-0.2, 0) is 19.7 Å². The van der Waals surface area contributed by atoms with Crippen molar-refractivity contribution in [2.45, 2.75) is 32.2 Å². The van der Waals surface area contributed by atoms with E-state index in [1.807, 2.05) is 24.3 Å². The average Bonchev–Trinajstić information content (AvgIpc) is 3.12. The van der Waals surface area contributed by atoms with Gasteiger partial charge in [0.05, 0.1) is 31.9 Å². The van der Waals surface area contributed by atoms with Crippen molar-refractivity contribution in [2.24, 2.45) is 0 Å². The van der Waals surface area contributed by atoms with E-state index < -0.39 is 17.7 Å². The number of methoxy groups -OCH3 is 1. The molecule has 2 fully saturated rings. The summed E-state index contributed by atoms with van der Waals surface area (Å²) < 4.78 is 10.6. The van der Waals surface area contributed by atoms with Crippen LogP contribution in [0.3, 0.4) is 0 Å². The molecule has 0 aliphatic carbocycles. The van der Waals surface area contributed by atoms with Crippen LogP contribution in [0.5, 0.6) is 5.75 Å². The molecular weight excluding hydrogens is 444 g/mol. The summed E-state index contributed by atoms with van der Waals surface area (Å²) in [6, 6.07) is 14.1. The minimum atomic E-state index is -0.662. The van der Waals surface area contributed by atoms with Gasteiger partial charge in [0.1, 0.15) is 11.5 Å². The largest absolute Gasteiger partial charge is 0.507 e. The fraction of sp³-hybridized carbons (Fsp3) is 0.429. The lowest BCUT2D eigenvalue weighted by Crippen LogP contribution is -2.42. The molecule has 0 aromatic heterocycles. The predicted molar refractivity (Wildman–Crippen MR) is 134 cm³/mol. The fourth-order valence-electron chi connectivity index (χ4n) is 4.60. The molecule has 186 valence electrons. The van der Waals surface area contributed by atoms with Crippen LogP contribution in [0.25, 0.3) is 5.76 Å². The number of likely N-dealkylation sites (tertiary alicyclic amines) is 1. The highest BCUT2D eigenvalue weighted by Gasteiger charge is 2.46. The van der Waals surface area contributed by atoms with Crippen molar-refractivity contribution in [2.75, 3.05) is 46.5 Å². The number of carbonyl (C=O) groups excluding carboxylic acids is 2. The van der Waals surface area contributed by atoms with Crippen LogP contribution in [0.2, 0.25) is 0 Å². The summed E-state index contributed by atoms with van der Waals surface area (Å²) in [5, 5.41) is 11.2. The van der Waals surface area contributed by atoms with Crippen molar-refractivity contribution in [1.29, 1.82) is 0 Å². The first kappa shape index (κ1) is 24.9. The second kappa shape index (κ2) is 10.2. The number of amides is 1. The minimum Gasteiger partial charge on any atom is -0.507 e. The molecule has 0 saturated carbocycles. The number of rotatable bonds is 6. The lowest BCUT2D eigenvalue weighted by atomic mass is 9.85. The zero-order chi connectivity index (χ0) is 25.2. The van der Waals surface area contributed by atoms with Crippen LogP contribution in [0.1, 0.15) is 43.5 Å². The summed E-state index contributed by atoms with van der Waals surface area (Å²) in [5.41, 5.74) is 2.51. The molecule has 1 N–H and O–H groups in total. The van der Waals surface area contributed by atoms with Crippen LogP contribution in [0, 0.1) is 0 Å². The van der Waals surface area contributed by atoms with Gasteiger partial charge in [-0.3, -0.25) is 14.5 Å². The third-order valence-corrected chi connectivity index (χ3v) is 6.76. The Morgan fingerprint density at radius 3 is 2.20 bits per heavy atom. The van der Waals surface area contributed by atoms with Gasteiger partial charge in [0.15, 0.2) is 0 Å². The molecule has 0 bridgehead atoms. The standard InChI is InChI=1S/C28H34N2O5/c1-28(2,3)21-9-5-19(6-10-21)24-23(25(31)20-7-11-22(34-4)12-8-20)26(32)27(33)30(24)14-13-29-15-17-35-18-16-29/h5-12,24,31H,13-18H2,1-4H3/b25-23+. The first-order valence-corrected chi connectivity index (χ1v) is 12.0. The molecule has 1 unspecified atom stereocenters. The van der Waals surface area contributed by atoms with E-state index in [-0.39, 0.29) is 16.7 Å². The maximum absolute atomic E-state index is 13.2. The second-order valence-electron chi connectivity index (χ2n) is 10.0. The Morgan fingerprint density at radius 1 is 1.00 bits per heavy atom. The third kappa shape index (κ3) is 5.26. The lowest BCUT2D eigenvalue weighted by molar-refractivity contribution is -0.140. The molecule has 7 nitrogen and oxygen atoms in total. The Bertz CT molecular complexity index is 1090. The average molecular weight is 479 g/mol. The van der Waals surface area contributed by atoms with Crippen molar-refractivity contribution in [3.8, 4) is 5.75 Å². The molecule has 2 aliphatic rings. The van der Waals surface area contributed by atoms with Crippen molar-refractivity contribution in [3.63, 3.8) is 0 Å². The monoisotopic (exact) mass is 478 g/mol. The van der Waals surface area contributed by atoms with E-state index in [2.05, 4.69) is 25.7 Å². The van der Waals surface area contributed by atoms with Gasteiger partial charge in [-0.25, -0.2) is 0 Å². The zero-order valence-corrected chi connectivity index (χ0v) is 20.9. The molecule has 2 heterocycles. The molecule has 2 saturated heterocycles. The summed E-state index contributed by atoms with van der Waals surface area (Å²) in [7, 11) is 1.57. The van der Waals surface area contributed by atoms with Gasteiger partial charge in [0, 0.05) is 31.7 Å².